The van der Waals surface area contributed by atoms with Crippen LogP contribution in [0.2, 0.25) is 0 Å². The van der Waals surface area contributed by atoms with Crippen molar-refractivity contribution >= 4 is 17.6 Å². The van der Waals surface area contributed by atoms with Gasteiger partial charge in [-0.3, -0.25) is 9.59 Å². The predicted molar refractivity (Wildman–Crippen MR) is 147 cm³/mol. The van der Waals surface area contributed by atoms with Gasteiger partial charge in [-0.25, -0.2) is 0 Å². The zero-order valence-corrected chi connectivity index (χ0v) is 21.6. The summed E-state index contributed by atoms with van der Waals surface area (Å²) in [4.78, 5) is 23.7. The minimum absolute atomic E-state index is 0.164. The van der Waals surface area contributed by atoms with Crippen LogP contribution >= 0.6 is 0 Å². The van der Waals surface area contributed by atoms with Crippen LogP contribution in [0.25, 0.3) is 22.9 Å². The fourth-order valence-electron chi connectivity index (χ4n) is 3.94. The second-order valence-corrected chi connectivity index (χ2v) is 9.05. The van der Waals surface area contributed by atoms with E-state index in [2.05, 4.69) is 27.8 Å². The van der Waals surface area contributed by atoms with E-state index in [0.717, 1.165) is 35.3 Å². The van der Waals surface area contributed by atoms with Gasteiger partial charge < -0.3 is 19.8 Å². The van der Waals surface area contributed by atoms with Crippen LogP contribution in [0.15, 0.2) is 83.3 Å². The molecule has 0 spiro atoms. The number of nitrogens with one attached hydrogen (secondary N) is 2. The van der Waals surface area contributed by atoms with Crippen LogP contribution in [0, 0.1) is 5.92 Å². The summed E-state index contributed by atoms with van der Waals surface area (Å²) in [5.74, 6) is 0.851. The zero-order chi connectivity index (χ0) is 26.7. The summed E-state index contributed by atoms with van der Waals surface area (Å²) in [6, 6.07) is 25.2. The van der Waals surface area contributed by atoms with Crippen LogP contribution in [0.1, 0.15) is 36.2 Å². The third-order valence-electron chi connectivity index (χ3n) is 5.95. The third-order valence-corrected chi connectivity index (χ3v) is 5.95. The highest BCUT2D eigenvalue weighted by molar-refractivity contribution is 5.94. The molecular weight excluding hydrogens is 480 g/mol. The summed E-state index contributed by atoms with van der Waals surface area (Å²) >= 11 is 0. The Kier molecular flexibility index (Phi) is 9.23. The van der Waals surface area contributed by atoms with Crippen LogP contribution in [0.3, 0.4) is 0 Å². The number of carbonyl (C=O) groups is 2. The molecule has 4 rings (SSSR count). The summed E-state index contributed by atoms with van der Waals surface area (Å²) in [6.45, 7) is 5.33. The predicted octanol–water partition coefficient (Wildman–Crippen LogP) is 5.38. The molecule has 8 nitrogen and oxygen atoms in total. The Morgan fingerprint density at radius 2 is 1.55 bits per heavy atom. The summed E-state index contributed by atoms with van der Waals surface area (Å²) in [6.07, 6.45) is 1.04. The fourth-order valence-corrected chi connectivity index (χ4v) is 3.94. The van der Waals surface area contributed by atoms with Crippen molar-refractivity contribution in [3.05, 3.63) is 90.0 Å². The van der Waals surface area contributed by atoms with Crippen molar-refractivity contribution in [3.8, 4) is 22.9 Å². The quantitative estimate of drug-likeness (QED) is 0.246. The largest absolute Gasteiger partial charge is 0.466 e. The number of hydrogen-bond acceptors (Lipinski definition) is 7. The van der Waals surface area contributed by atoms with Crippen LogP contribution < -0.4 is 10.6 Å². The lowest BCUT2D eigenvalue weighted by molar-refractivity contribution is -0.142. The van der Waals surface area contributed by atoms with E-state index in [0.29, 0.717) is 29.9 Å². The van der Waals surface area contributed by atoms with Crippen molar-refractivity contribution < 1.29 is 18.7 Å². The Bertz CT molecular complexity index is 1320. The van der Waals surface area contributed by atoms with E-state index < -0.39 is 0 Å². The van der Waals surface area contributed by atoms with E-state index in [-0.39, 0.29) is 24.8 Å². The molecule has 0 radical (unpaired) electrons. The van der Waals surface area contributed by atoms with Gasteiger partial charge in [-0.15, -0.1) is 10.2 Å². The van der Waals surface area contributed by atoms with Crippen molar-refractivity contribution in [2.45, 2.75) is 26.7 Å². The summed E-state index contributed by atoms with van der Waals surface area (Å²) in [7, 11) is 0. The molecule has 0 bridgehead atoms. The molecule has 0 fully saturated rings. The highest BCUT2D eigenvalue weighted by Crippen LogP contribution is 2.25. The summed E-state index contributed by atoms with van der Waals surface area (Å²) in [5.41, 5.74) is 4.49. The normalized spacial score (nSPS) is 11.5. The Morgan fingerprint density at radius 3 is 2.21 bits per heavy atom. The molecule has 38 heavy (non-hydrogen) atoms. The molecular formula is C30H32N4O4. The average Bonchev–Trinajstić information content (AvgIpc) is 3.44. The number of ether oxygens (including phenoxy) is 1. The van der Waals surface area contributed by atoms with Gasteiger partial charge in [-0.05, 0) is 73.4 Å². The molecule has 1 atom stereocenters. The fraction of sp³-hybridized carbons (Fsp3) is 0.267. The van der Waals surface area contributed by atoms with Gasteiger partial charge in [-0.2, -0.15) is 0 Å². The molecule has 0 aliphatic carbocycles. The second kappa shape index (κ2) is 13.2. The molecule has 4 aromatic rings. The van der Waals surface area contributed by atoms with Gasteiger partial charge in [0.25, 0.3) is 5.91 Å². The Balaban J connectivity index is 1.22. The van der Waals surface area contributed by atoms with Gasteiger partial charge in [-0.1, -0.05) is 37.3 Å². The number of carbonyl (C=O) groups excluding carboxylic acids is 2. The Hall–Kier alpha value is -4.46. The van der Waals surface area contributed by atoms with Crippen molar-refractivity contribution in [3.63, 3.8) is 0 Å². The first-order chi connectivity index (χ1) is 18.5. The van der Waals surface area contributed by atoms with Crippen molar-refractivity contribution in [1.29, 1.82) is 0 Å². The first kappa shape index (κ1) is 26.6. The Labute approximate surface area is 222 Å². The van der Waals surface area contributed by atoms with Crippen LogP contribution in [-0.2, 0) is 16.0 Å². The number of hydrogen-bond donors (Lipinski definition) is 2. The lowest BCUT2D eigenvalue weighted by Gasteiger charge is -2.14. The van der Waals surface area contributed by atoms with Crippen molar-refractivity contribution in [2.75, 3.05) is 25.0 Å². The number of nitrogens with zero attached hydrogens (tertiary/aromatic N) is 2. The van der Waals surface area contributed by atoms with Gasteiger partial charge in [0, 0.05) is 35.5 Å². The Morgan fingerprint density at radius 1 is 0.895 bits per heavy atom. The van der Waals surface area contributed by atoms with E-state index >= 15 is 0 Å². The number of rotatable bonds is 12. The zero-order valence-electron chi connectivity index (χ0n) is 21.6. The maximum absolute atomic E-state index is 12.3. The maximum Gasteiger partial charge on any atom is 0.307 e. The second-order valence-electron chi connectivity index (χ2n) is 9.05. The van der Waals surface area contributed by atoms with Gasteiger partial charge in [0.05, 0.1) is 13.0 Å². The minimum Gasteiger partial charge on any atom is -0.466 e. The van der Waals surface area contributed by atoms with Crippen LogP contribution in [0.4, 0.5) is 5.69 Å². The third kappa shape index (κ3) is 7.52. The summed E-state index contributed by atoms with van der Waals surface area (Å²) < 4.78 is 10.7. The monoisotopic (exact) mass is 512 g/mol. The molecule has 3 aromatic carbocycles. The molecule has 0 saturated heterocycles. The van der Waals surface area contributed by atoms with Gasteiger partial charge in [0.15, 0.2) is 0 Å². The SMILES string of the molecule is CCOC(=O)CCNC(=O)c1ccc(C[C@H](C)CNc2ccc(-c3nnc(-c4ccccc4)o3)cc2)cc1. The van der Waals surface area contributed by atoms with Crippen molar-refractivity contribution in [1.82, 2.24) is 15.5 Å². The lowest BCUT2D eigenvalue weighted by Crippen LogP contribution is -2.26. The molecule has 1 amide bonds. The topological polar surface area (TPSA) is 106 Å². The van der Waals surface area contributed by atoms with Crippen LogP contribution in [-0.4, -0.2) is 41.8 Å². The van der Waals surface area contributed by atoms with E-state index in [4.69, 9.17) is 9.15 Å². The molecule has 196 valence electrons. The first-order valence-corrected chi connectivity index (χ1v) is 12.8. The number of amides is 1. The molecule has 1 heterocycles. The van der Waals surface area contributed by atoms with Gasteiger partial charge >= 0.3 is 5.97 Å². The molecule has 1 aromatic heterocycles. The standard InChI is InChI=1S/C30H32N4O4/c1-3-37-27(35)17-18-31-28(36)23-11-9-22(10-12-23)19-21(2)20-32-26-15-13-25(14-16-26)30-34-33-29(38-30)24-7-5-4-6-8-24/h4-16,21,32H,3,17-20H2,1-2H3,(H,31,36)/t21-/m0/s1. The molecule has 0 saturated carbocycles. The molecule has 2 N–H and O–H groups in total. The maximum atomic E-state index is 12.3. The van der Waals surface area contributed by atoms with Crippen molar-refractivity contribution in [2.24, 2.45) is 5.92 Å². The number of benzene rings is 3. The molecule has 8 heteroatoms. The lowest BCUT2D eigenvalue weighted by atomic mass is 9.99. The minimum atomic E-state index is -0.314. The highest BCUT2D eigenvalue weighted by Gasteiger charge is 2.11. The first-order valence-electron chi connectivity index (χ1n) is 12.8. The molecule has 0 aliphatic rings. The number of esters is 1. The highest BCUT2D eigenvalue weighted by atomic mass is 16.5. The smallest absolute Gasteiger partial charge is 0.307 e. The number of aromatic nitrogens is 2. The van der Waals surface area contributed by atoms with E-state index in [1.807, 2.05) is 78.9 Å². The number of anilines is 1. The van der Waals surface area contributed by atoms with Crippen LogP contribution in [0.5, 0.6) is 0 Å². The molecule has 0 aliphatic heterocycles. The molecule has 0 unspecified atom stereocenters. The summed E-state index contributed by atoms with van der Waals surface area (Å²) in [5, 5.41) is 14.6. The van der Waals surface area contributed by atoms with Gasteiger partial charge in [0.1, 0.15) is 0 Å². The van der Waals surface area contributed by atoms with E-state index in [1.54, 1.807) is 6.92 Å². The van der Waals surface area contributed by atoms with Gasteiger partial charge in [0.2, 0.25) is 11.8 Å². The van der Waals surface area contributed by atoms with E-state index in [1.165, 1.54) is 0 Å². The van der Waals surface area contributed by atoms with E-state index in [9.17, 15) is 9.59 Å². The average molecular weight is 513 g/mol.